The maximum absolute atomic E-state index is 12.4. The SMILES string of the molecule is Cc1cc(Nc2cnc(C(=O)Nc3ccc(N4CCCCC4)cc3)cn2)no1. The molecule has 1 fully saturated rings. The maximum Gasteiger partial charge on any atom is 0.275 e. The smallest absolute Gasteiger partial charge is 0.275 e. The fourth-order valence-electron chi connectivity index (χ4n) is 3.17. The Hall–Kier alpha value is -3.42. The first kappa shape index (κ1) is 18.0. The van der Waals surface area contributed by atoms with Gasteiger partial charge in [-0.05, 0) is 50.5 Å². The molecule has 1 amide bonds. The number of anilines is 4. The van der Waals surface area contributed by atoms with Crippen molar-refractivity contribution in [3.8, 4) is 0 Å². The van der Waals surface area contributed by atoms with Gasteiger partial charge in [0.15, 0.2) is 5.82 Å². The first-order chi connectivity index (χ1) is 13.7. The molecule has 28 heavy (non-hydrogen) atoms. The van der Waals surface area contributed by atoms with Crippen LogP contribution in [-0.2, 0) is 0 Å². The van der Waals surface area contributed by atoms with E-state index in [0.717, 1.165) is 18.8 Å². The number of aromatic nitrogens is 3. The van der Waals surface area contributed by atoms with Gasteiger partial charge < -0.3 is 20.1 Å². The molecule has 8 nitrogen and oxygen atoms in total. The highest BCUT2D eigenvalue weighted by atomic mass is 16.5. The second-order valence-electron chi connectivity index (χ2n) is 6.78. The first-order valence-corrected chi connectivity index (χ1v) is 9.36. The van der Waals surface area contributed by atoms with Crippen LogP contribution in [-0.4, -0.2) is 34.1 Å². The molecule has 8 heteroatoms. The van der Waals surface area contributed by atoms with Crippen molar-refractivity contribution in [3.05, 3.63) is 54.2 Å². The van der Waals surface area contributed by atoms with Crippen molar-refractivity contribution < 1.29 is 9.32 Å². The Morgan fingerprint density at radius 1 is 1.04 bits per heavy atom. The minimum atomic E-state index is -0.304. The third kappa shape index (κ3) is 4.28. The number of piperidine rings is 1. The van der Waals surface area contributed by atoms with E-state index in [4.69, 9.17) is 4.52 Å². The van der Waals surface area contributed by atoms with Gasteiger partial charge in [-0.25, -0.2) is 9.97 Å². The number of hydrogen-bond donors (Lipinski definition) is 2. The Bertz CT molecular complexity index is 930. The first-order valence-electron chi connectivity index (χ1n) is 9.36. The third-order valence-electron chi connectivity index (χ3n) is 4.61. The average molecular weight is 378 g/mol. The van der Waals surface area contributed by atoms with Crippen molar-refractivity contribution in [3.63, 3.8) is 0 Å². The van der Waals surface area contributed by atoms with Crippen molar-refractivity contribution in [1.82, 2.24) is 15.1 Å². The number of carbonyl (C=O) groups is 1. The molecule has 0 atom stereocenters. The fraction of sp³-hybridized carbons (Fsp3) is 0.300. The molecule has 0 spiro atoms. The number of rotatable bonds is 5. The van der Waals surface area contributed by atoms with Crippen LogP contribution < -0.4 is 15.5 Å². The predicted molar refractivity (Wildman–Crippen MR) is 107 cm³/mol. The molecule has 0 aliphatic carbocycles. The Labute approximate surface area is 163 Å². The number of hydrogen-bond acceptors (Lipinski definition) is 7. The molecule has 144 valence electrons. The van der Waals surface area contributed by atoms with E-state index < -0.39 is 0 Å². The van der Waals surface area contributed by atoms with Crippen LogP contribution in [0.25, 0.3) is 0 Å². The zero-order chi connectivity index (χ0) is 19.3. The van der Waals surface area contributed by atoms with Gasteiger partial charge in [0.1, 0.15) is 17.3 Å². The summed E-state index contributed by atoms with van der Waals surface area (Å²) < 4.78 is 4.98. The number of nitrogens with one attached hydrogen (secondary N) is 2. The molecule has 0 saturated carbocycles. The van der Waals surface area contributed by atoms with E-state index in [1.165, 1.54) is 37.3 Å². The quantitative estimate of drug-likeness (QED) is 0.698. The minimum Gasteiger partial charge on any atom is -0.372 e. The second-order valence-corrected chi connectivity index (χ2v) is 6.78. The molecule has 0 radical (unpaired) electrons. The van der Waals surface area contributed by atoms with Gasteiger partial charge in [0.25, 0.3) is 5.91 Å². The topological polar surface area (TPSA) is 96.2 Å². The van der Waals surface area contributed by atoms with E-state index in [1.807, 2.05) is 24.3 Å². The van der Waals surface area contributed by atoms with E-state index in [0.29, 0.717) is 17.4 Å². The Balaban J connectivity index is 1.36. The molecule has 1 aromatic carbocycles. The van der Waals surface area contributed by atoms with Crippen molar-refractivity contribution in [2.24, 2.45) is 0 Å². The fourth-order valence-corrected chi connectivity index (χ4v) is 3.17. The van der Waals surface area contributed by atoms with E-state index in [1.54, 1.807) is 13.0 Å². The van der Waals surface area contributed by atoms with E-state index >= 15 is 0 Å². The van der Waals surface area contributed by atoms with Gasteiger partial charge >= 0.3 is 0 Å². The lowest BCUT2D eigenvalue weighted by Gasteiger charge is -2.28. The molecule has 3 aromatic rings. The lowest BCUT2D eigenvalue weighted by molar-refractivity contribution is 0.102. The van der Waals surface area contributed by atoms with Crippen LogP contribution in [0.4, 0.5) is 23.0 Å². The molecule has 1 aliphatic heterocycles. The van der Waals surface area contributed by atoms with Crippen LogP contribution in [0.1, 0.15) is 35.5 Å². The molecule has 1 aliphatic rings. The van der Waals surface area contributed by atoms with Crippen LogP contribution in [0.15, 0.2) is 47.2 Å². The van der Waals surface area contributed by atoms with Crippen LogP contribution in [0.3, 0.4) is 0 Å². The summed E-state index contributed by atoms with van der Waals surface area (Å²) in [6, 6.07) is 9.66. The summed E-state index contributed by atoms with van der Waals surface area (Å²) in [5.74, 6) is 1.41. The van der Waals surface area contributed by atoms with Crippen molar-refractivity contribution in [1.29, 1.82) is 0 Å². The summed E-state index contributed by atoms with van der Waals surface area (Å²) in [5, 5.41) is 9.64. The van der Waals surface area contributed by atoms with Crippen LogP contribution in [0, 0.1) is 6.92 Å². The molecule has 3 heterocycles. The number of carbonyl (C=O) groups excluding carboxylic acids is 1. The second kappa shape index (κ2) is 8.08. The van der Waals surface area contributed by atoms with Crippen LogP contribution in [0.5, 0.6) is 0 Å². The van der Waals surface area contributed by atoms with Gasteiger partial charge in [-0.2, -0.15) is 0 Å². The van der Waals surface area contributed by atoms with E-state index in [-0.39, 0.29) is 11.6 Å². The van der Waals surface area contributed by atoms with Gasteiger partial charge in [0, 0.05) is 30.5 Å². The van der Waals surface area contributed by atoms with Gasteiger partial charge in [-0.3, -0.25) is 4.79 Å². The lowest BCUT2D eigenvalue weighted by Crippen LogP contribution is -2.29. The number of nitrogens with zero attached hydrogens (tertiary/aromatic N) is 4. The van der Waals surface area contributed by atoms with Crippen molar-refractivity contribution in [2.45, 2.75) is 26.2 Å². The molecular formula is C20H22N6O2. The summed E-state index contributed by atoms with van der Waals surface area (Å²) in [7, 11) is 0. The minimum absolute atomic E-state index is 0.238. The molecular weight excluding hydrogens is 356 g/mol. The monoisotopic (exact) mass is 378 g/mol. The number of amides is 1. The van der Waals surface area contributed by atoms with Crippen molar-refractivity contribution >= 4 is 28.9 Å². The number of aryl methyl sites for hydroxylation is 1. The summed E-state index contributed by atoms with van der Waals surface area (Å²) in [5.41, 5.74) is 2.16. The molecule has 2 aromatic heterocycles. The number of benzene rings is 1. The third-order valence-corrected chi connectivity index (χ3v) is 4.61. The highest BCUT2D eigenvalue weighted by Gasteiger charge is 2.12. The van der Waals surface area contributed by atoms with E-state index in [2.05, 4.69) is 30.7 Å². The van der Waals surface area contributed by atoms with Crippen LogP contribution >= 0.6 is 0 Å². The largest absolute Gasteiger partial charge is 0.372 e. The Morgan fingerprint density at radius 2 is 1.82 bits per heavy atom. The molecule has 4 rings (SSSR count). The lowest BCUT2D eigenvalue weighted by atomic mass is 10.1. The summed E-state index contributed by atoms with van der Waals surface area (Å²) in [6.45, 7) is 3.99. The van der Waals surface area contributed by atoms with Gasteiger partial charge in [-0.15, -0.1) is 0 Å². The Kier molecular flexibility index (Phi) is 5.18. The Morgan fingerprint density at radius 3 is 2.46 bits per heavy atom. The standard InChI is InChI=1S/C20H22N6O2/c1-14-11-18(25-28-14)24-19-13-21-17(12-22-19)20(27)23-15-5-7-16(8-6-15)26-9-3-2-4-10-26/h5-8,11-13H,2-4,9-10H2,1H3,(H,23,27)(H,22,24,25). The molecule has 1 saturated heterocycles. The average Bonchev–Trinajstić information content (AvgIpc) is 3.14. The zero-order valence-electron chi connectivity index (χ0n) is 15.7. The van der Waals surface area contributed by atoms with Gasteiger partial charge in [-0.1, -0.05) is 5.16 Å². The van der Waals surface area contributed by atoms with Crippen LogP contribution in [0.2, 0.25) is 0 Å². The summed E-state index contributed by atoms with van der Waals surface area (Å²) >= 11 is 0. The van der Waals surface area contributed by atoms with Gasteiger partial charge in [0.2, 0.25) is 0 Å². The molecule has 2 N–H and O–H groups in total. The summed E-state index contributed by atoms with van der Waals surface area (Å²) in [6.07, 6.45) is 6.68. The zero-order valence-corrected chi connectivity index (χ0v) is 15.7. The normalized spacial score (nSPS) is 14.0. The maximum atomic E-state index is 12.4. The highest BCUT2D eigenvalue weighted by Crippen LogP contribution is 2.22. The summed E-state index contributed by atoms with van der Waals surface area (Å²) in [4.78, 5) is 23.1. The van der Waals surface area contributed by atoms with E-state index in [9.17, 15) is 4.79 Å². The molecule has 0 bridgehead atoms. The predicted octanol–water partition coefficient (Wildman–Crippen LogP) is 3.76. The van der Waals surface area contributed by atoms with Crippen molar-refractivity contribution in [2.75, 3.05) is 28.6 Å². The molecule has 0 unspecified atom stereocenters. The highest BCUT2D eigenvalue weighted by molar-refractivity contribution is 6.02. The van der Waals surface area contributed by atoms with Gasteiger partial charge in [0.05, 0.1) is 12.4 Å².